The van der Waals surface area contributed by atoms with Crippen LogP contribution in [0.3, 0.4) is 0 Å². The molecule has 1 aliphatic rings. The summed E-state index contributed by atoms with van der Waals surface area (Å²) >= 11 is 0. The van der Waals surface area contributed by atoms with E-state index in [9.17, 15) is 18.3 Å². The second-order valence-electron chi connectivity index (χ2n) is 6.83. The molecule has 0 aliphatic carbocycles. The zero-order valence-corrected chi connectivity index (χ0v) is 16.1. The van der Waals surface area contributed by atoms with Crippen LogP contribution in [0.1, 0.15) is 23.6 Å². The number of carboxylic acid groups (broad SMARTS) is 1. The number of hydrogen-bond acceptors (Lipinski definition) is 3. The van der Waals surface area contributed by atoms with Gasteiger partial charge in [-0.1, -0.05) is 60.2 Å². The van der Waals surface area contributed by atoms with E-state index in [0.29, 0.717) is 11.3 Å². The Balaban J connectivity index is 1.98. The van der Waals surface area contributed by atoms with Crippen molar-refractivity contribution >= 4 is 21.7 Å². The van der Waals surface area contributed by atoms with Crippen molar-refractivity contribution in [2.45, 2.75) is 24.3 Å². The molecule has 0 bridgehead atoms. The average molecular weight is 393 g/mol. The molecule has 6 heteroatoms. The van der Waals surface area contributed by atoms with E-state index in [1.165, 1.54) is 4.31 Å². The molecule has 142 valence electrons. The molecule has 1 N–H and O–H groups in total. The van der Waals surface area contributed by atoms with Gasteiger partial charge in [-0.25, -0.2) is 8.42 Å². The molecule has 0 amide bonds. The minimum atomic E-state index is -3.96. The van der Waals surface area contributed by atoms with Crippen LogP contribution in [0.25, 0.3) is 11.1 Å². The van der Waals surface area contributed by atoms with E-state index < -0.39 is 22.0 Å². The minimum Gasteiger partial charge on any atom is -0.481 e. The summed E-state index contributed by atoms with van der Waals surface area (Å²) in [6.45, 7) is 1.88. The Labute approximate surface area is 163 Å². The van der Waals surface area contributed by atoms with Gasteiger partial charge in [0, 0.05) is 5.56 Å². The summed E-state index contributed by atoms with van der Waals surface area (Å²) in [6.07, 6.45) is -0.323. The Hall–Kier alpha value is -3.12. The maximum Gasteiger partial charge on any atom is 0.305 e. The zero-order chi connectivity index (χ0) is 19.9. The Morgan fingerprint density at radius 1 is 0.929 bits per heavy atom. The zero-order valence-electron chi connectivity index (χ0n) is 15.2. The second-order valence-corrected chi connectivity index (χ2v) is 8.65. The second kappa shape index (κ2) is 6.80. The lowest BCUT2D eigenvalue weighted by molar-refractivity contribution is -0.137. The first-order chi connectivity index (χ1) is 13.4. The van der Waals surface area contributed by atoms with Crippen molar-refractivity contribution in [1.82, 2.24) is 0 Å². The lowest BCUT2D eigenvalue weighted by Crippen LogP contribution is -2.38. The predicted molar refractivity (Wildman–Crippen MR) is 108 cm³/mol. The Kier molecular flexibility index (Phi) is 4.43. The molecular formula is C22H19NO4S. The molecule has 3 aromatic carbocycles. The van der Waals surface area contributed by atoms with E-state index in [-0.39, 0.29) is 11.3 Å². The number of hydrogen-bond donors (Lipinski definition) is 1. The predicted octanol–water partition coefficient (Wildman–Crippen LogP) is 4.39. The summed E-state index contributed by atoms with van der Waals surface area (Å²) in [6, 6.07) is 20.4. The number of carbonyl (C=O) groups is 1. The highest BCUT2D eigenvalue weighted by molar-refractivity contribution is 7.92. The lowest BCUT2D eigenvalue weighted by atomic mass is 9.88. The molecule has 0 aromatic heterocycles. The molecule has 0 spiro atoms. The SMILES string of the molecule is Cc1ccc(S(=O)(=O)N2c3ccccc3-c3ccccc3C2CC(=O)O)cc1. The fraction of sp³-hybridized carbons (Fsp3) is 0.136. The van der Waals surface area contributed by atoms with E-state index in [1.54, 1.807) is 48.5 Å². The van der Waals surface area contributed by atoms with E-state index in [1.807, 2.05) is 31.2 Å². The quantitative estimate of drug-likeness (QED) is 0.713. The smallest absolute Gasteiger partial charge is 0.305 e. The Morgan fingerprint density at radius 2 is 1.54 bits per heavy atom. The largest absolute Gasteiger partial charge is 0.481 e. The van der Waals surface area contributed by atoms with Gasteiger partial charge in [-0.2, -0.15) is 0 Å². The number of aliphatic carboxylic acids is 1. The summed E-state index contributed by atoms with van der Waals surface area (Å²) < 4.78 is 28.5. The van der Waals surface area contributed by atoms with Crippen LogP contribution >= 0.6 is 0 Å². The highest BCUT2D eigenvalue weighted by Crippen LogP contribution is 2.48. The molecule has 3 aromatic rings. The summed E-state index contributed by atoms with van der Waals surface area (Å²) in [7, 11) is -3.96. The van der Waals surface area contributed by atoms with Gasteiger partial charge < -0.3 is 5.11 Å². The Morgan fingerprint density at radius 3 is 2.21 bits per heavy atom. The van der Waals surface area contributed by atoms with Crippen molar-refractivity contribution in [3.05, 3.63) is 83.9 Å². The normalized spacial score (nSPS) is 15.6. The molecule has 0 radical (unpaired) electrons. The van der Waals surface area contributed by atoms with Crippen LogP contribution in [0.4, 0.5) is 5.69 Å². The third kappa shape index (κ3) is 2.96. The van der Waals surface area contributed by atoms with Crippen molar-refractivity contribution < 1.29 is 18.3 Å². The van der Waals surface area contributed by atoms with Gasteiger partial charge in [0.1, 0.15) is 0 Å². The number of sulfonamides is 1. The maximum atomic E-state index is 13.6. The molecular weight excluding hydrogens is 374 g/mol. The number of aryl methyl sites for hydroxylation is 1. The van der Waals surface area contributed by atoms with Crippen LogP contribution in [0.2, 0.25) is 0 Å². The third-order valence-corrected chi connectivity index (χ3v) is 6.82. The van der Waals surface area contributed by atoms with Gasteiger partial charge in [-0.05, 0) is 36.2 Å². The van der Waals surface area contributed by atoms with Gasteiger partial charge in [0.2, 0.25) is 0 Å². The van der Waals surface area contributed by atoms with Crippen LogP contribution in [0, 0.1) is 6.92 Å². The van der Waals surface area contributed by atoms with E-state index in [2.05, 4.69) is 0 Å². The monoisotopic (exact) mass is 393 g/mol. The van der Waals surface area contributed by atoms with Gasteiger partial charge in [-0.15, -0.1) is 0 Å². The first kappa shape index (κ1) is 18.3. The van der Waals surface area contributed by atoms with Gasteiger partial charge >= 0.3 is 5.97 Å². The molecule has 0 saturated heterocycles. The van der Waals surface area contributed by atoms with Gasteiger partial charge in [0.05, 0.1) is 23.0 Å². The molecule has 28 heavy (non-hydrogen) atoms. The molecule has 1 aliphatic heterocycles. The van der Waals surface area contributed by atoms with Crippen molar-refractivity contribution in [3.63, 3.8) is 0 Å². The molecule has 5 nitrogen and oxygen atoms in total. The molecule has 0 saturated carbocycles. The number of rotatable bonds is 4. The van der Waals surface area contributed by atoms with Gasteiger partial charge in [-0.3, -0.25) is 9.10 Å². The lowest BCUT2D eigenvalue weighted by Gasteiger charge is -2.38. The first-order valence-corrected chi connectivity index (χ1v) is 10.3. The number of para-hydroxylation sites is 1. The van der Waals surface area contributed by atoms with Gasteiger partial charge in [0.15, 0.2) is 0 Å². The summed E-state index contributed by atoms with van der Waals surface area (Å²) in [5, 5.41) is 9.51. The standard InChI is InChI=1S/C22H19NO4S/c1-15-10-12-16(13-11-15)28(26,27)23-20-9-5-4-7-18(20)17-6-2-3-8-19(17)21(23)14-22(24)25/h2-13,21H,14H2,1H3,(H,24,25). The van der Waals surface area contributed by atoms with Crippen LogP contribution in [-0.4, -0.2) is 19.5 Å². The van der Waals surface area contributed by atoms with Crippen molar-refractivity contribution in [1.29, 1.82) is 0 Å². The van der Waals surface area contributed by atoms with E-state index >= 15 is 0 Å². The maximum absolute atomic E-state index is 13.6. The number of benzene rings is 3. The van der Waals surface area contributed by atoms with Crippen LogP contribution in [0.5, 0.6) is 0 Å². The molecule has 1 unspecified atom stereocenters. The fourth-order valence-electron chi connectivity index (χ4n) is 3.70. The van der Waals surface area contributed by atoms with Crippen LogP contribution < -0.4 is 4.31 Å². The molecule has 1 atom stereocenters. The van der Waals surface area contributed by atoms with E-state index in [4.69, 9.17) is 0 Å². The van der Waals surface area contributed by atoms with Crippen molar-refractivity contribution in [2.24, 2.45) is 0 Å². The Bertz CT molecular complexity index is 1150. The molecule has 0 fully saturated rings. The molecule has 4 rings (SSSR count). The topological polar surface area (TPSA) is 74.7 Å². The van der Waals surface area contributed by atoms with Crippen molar-refractivity contribution in [2.75, 3.05) is 4.31 Å². The summed E-state index contributed by atoms with van der Waals surface area (Å²) in [4.78, 5) is 11.8. The third-order valence-electron chi connectivity index (χ3n) is 4.98. The van der Waals surface area contributed by atoms with Crippen LogP contribution in [0.15, 0.2) is 77.7 Å². The number of nitrogens with zero attached hydrogens (tertiary/aromatic N) is 1. The number of fused-ring (bicyclic) bond motifs is 3. The van der Waals surface area contributed by atoms with Crippen molar-refractivity contribution in [3.8, 4) is 11.1 Å². The number of anilines is 1. The summed E-state index contributed by atoms with van der Waals surface area (Å²) in [5.74, 6) is -1.05. The minimum absolute atomic E-state index is 0.141. The van der Waals surface area contributed by atoms with Crippen LogP contribution in [-0.2, 0) is 14.8 Å². The number of carboxylic acids is 1. The van der Waals surface area contributed by atoms with E-state index in [0.717, 1.165) is 16.7 Å². The summed E-state index contributed by atoms with van der Waals surface area (Å²) in [5.41, 5.74) is 3.77. The average Bonchev–Trinajstić information content (AvgIpc) is 2.68. The highest BCUT2D eigenvalue weighted by atomic mass is 32.2. The van der Waals surface area contributed by atoms with Gasteiger partial charge in [0.25, 0.3) is 10.0 Å². The molecule has 1 heterocycles. The highest BCUT2D eigenvalue weighted by Gasteiger charge is 2.39. The fourth-order valence-corrected chi connectivity index (χ4v) is 5.35. The first-order valence-electron chi connectivity index (χ1n) is 8.91.